The first-order valence-electron chi connectivity index (χ1n) is 3.73. The maximum absolute atomic E-state index is 11.9. The van der Waals surface area contributed by atoms with E-state index >= 15 is 0 Å². The van der Waals surface area contributed by atoms with Crippen molar-refractivity contribution < 1.29 is 23.0 Å². The molecular weight excluding hydrogens is 234 g/mol. The van der Waals surface area contributed by atoms with E-state index < -0.39 is 18.5 Å². The molecule has 0 N–H and O–H groups in total. The standard InChI is InChI=1S/C7H7ClF2N2O3/c1-12-4(6(13)14-2)3(8)5(11-12)15-7(9)10/h7H,1-2H3. The second-order valence-corrected chi connectivity index (χ2v) is 2.84. The molecule has 8 heteroatoms. The van der Waals surface area contributed by atoms with Gasteiger partial charge in [0, 0.05) is 7.05 Å². The normalized spacial score (nSPS) is 10.5. The molecule has 0 aliphatic rings. The molecular formula is C7H7ClF2N2O3. The van der Waals surface area contributed by atoms with Crippen molar-refractivity contribution in [3.63, 3.8) is 0 Å². The van der Waals surface area contributed by atoms with Crippen molar-refractivity contribution in [1.29, 1.82) is 0 Å². The van der Waals surface area contributed by atoms with Crippen LogP contribution in [0.1, 0.15) is 10.5 Å². The van der Waals surface area contributed by atoms with Crippen LogP contribution in [0.15, 0.2) is 0 Å². The van der Waals surface area contributed by atoms with Crippen molar-refractivity contribution in [3.8, 4) is 5.88 Å². The summed E-state index contributed by atoms with van der Waals surface area (Å²) in [5.74, 6) is -1.28. The molecule has 0 aromatic carbocycles. The van der Waals surface area contributed by atoms with Crippen molar-refractivity contribution in [3.05, 3.63) is 10.7 Å². The Morgan fingerprint density at radius 3 is 2.67 bits per heavy atom. The number of carbonyl (C=O) groups excluding carboxylic acids is 1. The molecule has 1 aromatic rings. The number of ether oxygens (including phenoxy) is 2. The van der Waals surface area contributed by atoms with Crippen LogP contribution in [0.25, 0.3) is 0 Å². The summed E-state index contributed by atoms with van der Waals surface area (Å²) in [4.78, 5) is 11.1. The van der Waals surface area contributed by atoms with Gasteiger partial charge in [0.25, 0.3) is 5.88 Å². The Morgan fingerprint density at radius 1 is 1.60 bits per heavy atom. The van der Waals surface area contributed by atoms with Crippen LogP contribution in [0.2, 0.25) is 5.02 Å². The molecule has 0 aliphatic carbocycles. The van der Waals surface area contributed by atoms with Crippen molar-refractivity contribution in [2.75, 3.05) is 7.11 Å². The molecule has 0 saturated heterocycles. The van der Waals surface area contributed by atoms with E-state index in [4.69, 9.17) is 11.6 Å². The van der Waals surface area contributed by atoms with Crippen LogP contribution in [-0.4, -0.2) is 29.5 Å². The molecule has 0 aliphatic heterocycles. The molecule has 0 saturated carbocycles. The number of alkyl halides is 2. The average molecular weight is 241 g/mol. The topological polar surface area (TPSA) is 53.4 Å². The summed E-state index contributed by atoms with van der Waals surface area (Å²) in [5.41, 5.74) is -0.144. The fourth-order valence-corrected chi connectivity index (χ4v) is 1.23. The molecule has 0 spiro atoms. The number of aromatic nitrogens is 2. The molecule has 5 nitrogen and oxygen atoms in total. The summed E-state index contributed by atoms with van der Waals surface area (Å²) in [6.45, 7) is -3.05. The van der Waals surface area contributed by atoms with E-state index in [2.05, 4.69) is 14.6 Å². The summed E-state index contributed by atoms with van der Waals surface area (Å²) in [5, 5.41) is 3.20. The number of rotatable bonds is 3. The van der Waals surface area contributed by atoms with Gasteiger partial charge in [0.05, 0.1) is 7.11 Å². The Bertz CT molecular complexity index is 381. The lowest BCUT2D eigenvalue weighted by Gasteiger charge is -1.99. The molecule has 1 heterocycles. The Hall–Kier alpha value is -1.37. The van der Waals surface area contributed by atoms with Gasteiger partial charge in [-0.3, -0.25) is 4.68 Å². The maximum Gasteiger partial charge on any atom is 0.388 e. The predicted octanol–water partition coefficient (Wildman–Crippen LogP) is 1.46. The number of methoxy groups -OCH3 is 1. The van der Waals surface area contributed by atoms with E-state index in [1.54, 1.807) is 0 Å². The molecule has 0 radical (unpaired) electrons. The monoisotopic (exact) mass is 240 g/mol. The fourth-order valence-electron chi connectivity index (χ4n) is 0.952. The molecule has 1 aromatic heterocycles. The molecule has 0 unspecified atom stereocenters. The van der Waals surface area contributed by atoms with Gasteiger partial charge >= 0.3 is 12.6 Å². The minimum Gasteiger partial charge on any atom is -0.464 e. The first-order chi connectivity index (χ1) is 6.97. The van der Waals surface area contributed by atoms with Crippen molar-refractivity contribution >= 4 is 17.6 Å². The zero-order chi connectivity index (χ0) is 11.6. The third-order valence-electron chi connectivity index (χ3n) is 1.54. The van der Waals surface area contributed by atoms with Gasteiger partial charge in [-0.25, -0.2) is 4.79 Å². The molecule has 15 heavy (non-hydrogen) atoms. The molecule has 0 bridgehead atoms. The number of esters is 1. The van der Waals surface area contributed by atoms with Crippen molar-refractivity contribution in [2.24, 2.45) is 7.05 Å². The van der Waals surface area contributed by atoms with Gasteiger partial charge in [-0.1, -0.05) is 11.6 Å². The third kappa shape index (κ3) is 2.35. The molecule has 0 atom stereocenters. The van der Waals surface area contributed by atoms with E-state index in [-0.39, 0.29) is 10.7 Å². The molecule has 84 valence electrons. The highest BCUT2D eigenvalue weighted by Gasteiger charge is 2.24. The number of hydrogen-bond donors (Lipinski definition) is 0. The Balaban J connectivity index is 3.09. The first-order valence-corrected chi connectivity index (χ1v) is 4.10. The number of halogens is 3. The summed E-state index contributed by atoms with van der Waals surface area (Å²) in [6, 6.07) is 0. The zero-order valence-electron chi connectivity index (χ0n) is 7.83. The van der Waals surface area contributed by atoms with Crippen LogP contribution >= 0.6 is 11.6 Å². The van der Waals surface area contributed by atoms with Gasteiger partial charge in [-0.05, 0) is 0 Å². The molecule has 0 amide bonds. The summed E-state index contributed by atoms with van der Waals surface area (Å²) >= 11 is 5.60. The number of aryl methyl sites for hydroxylation is 1. The second kappa shape index (κ2) is 4.43. The van der Waals surface area contributed by atoms with Gasteiger partial charge in [0.2, 0.25) is 0 Å². The summed E-state index contributed by atoms with van der Waals surface area (Å²) < 4.78 is 33.1. The van der Waals surface area contributed by atoms with Gasteiger partial charge in [0.15, 0.2) is 5.69 Å². The van der Waals surface area contributed by atoms with Crippen LogP contribution in [0.5, 0.6) is 5.88 Å². The van der Waals surface area contributed by atoms with Gasteiger partial charge in [0.1, 0.15) is 5.02 Å². The SMILES string of the molecule is COC(=O)c1c(Cl)c(OC(F)F)nn1C. The van der Waals surface area contributed by atoms with Crippen molar-refractivity contribution in [1.82, 2.24) is 9.78 Å². The number of hydrogen-bond acceptors (Lipinski definition) is 4. The van der Waals surface area contributed by atoms with Gasteiger partial charge < -0.3 is 9.47 Å². The van der Waals surface area contributed by atoms with Gasteiger partial charge in [-0.2, -0.15) is 8.78 Å². The third-order valence-corrected chi connectivity index (χ3v) is 1.88. The van der Waals surface area contributed by atoms with E-state index in [9.17, 15) is 13.6 Å². The maximum atomic E-state index is 11.9. The lowest BCUT2D eigenvalue weighted by Crippen LogP contribution is -2.08. The van der Waals surface area contributed by atoms with E-state index in [1.165, 1.54) is 7.05 Å². The lowest BCUT2D eigenvalue weighted by molar-refractivity contribution is -0.0530. The van der Waals surface area contributed by atoms with E-state index in [0.29, 0.717) is 0 Å². The van der Waals surface area contributed by atoms with E-state index in [0.717, 1.165) is 11.8 Å². The minimum absolute atomic E-state index is 0.144. The highest BCUT2D eigenvalue weighted by Crippen LogP contribution is 2.28. The lowest BCUT2D eigenvalue weighted by atomic mass is 10.4. The highest BCUT2D eigenvalue weighted by molar-refractivity contribution is 6.34. The molecule has 1 rings (SSSR count). The van der Waals surface area contributed by atoms with Crippen molar-refractivity contribution in [2.45, 2.75) is 6.61 Å². The van der Waals surface area contributed by atoms with Crippen LogP contribution < -0.4 is 4.74 Å². The Kier molecular flexibility index (Phi) is 3.46. The Labute approximate surface area is 88.5 Å². The van der Waals surface area contributed by atoms with Crippen LogP contribution in [0.4, 0.5) is 8.78 Å². The first kappa shape index (κ1) is 11.7. The predicted molar refractivity (Wildman–Crippen MR) is 46.2 cm³/mol. The van der Waals surface area contributed by atoms with Gasteiger partial charge in [-0.15, -0.1) is 5.10 Å². The summed E-state index contributed by atoms with van der Waals surface area (Å²) in [6.07, 6.45) is 0. The largest absolute Gasteiger partial charge is 0.464 e. The zero-order valence-corrected chi connectivity index (χ0v) is 8.59. The highest BCUT2D eigenvalue weighted by atomic mass is 35.5. The number of nitrogens with zero attached hydrogens (tertiary/aromatic N) is 2. The van der Waals surface area contributed by atoms with Crippen LogP contribution in [0.3, 0.4) is 0 Å². The molecule has 0 fully saturated rings. The fraction of sp³-hybridized carbons (Fsp3) is 0.429. The Morgan fingerprint density at radius 2 is 2.20 bits per heavy atom. The average Bonchev–Trinajstić information content (AvgIpc) is 2.40. The quantitative estimate of drug-likeness (QED) is 0.751. The van der Waals surface area contributed by atoms with Crippen LogP contribution in [0, 0.1) is 0 Å². The smallest absolute Gasteiger partial charge is 0.388 e. The second-order valence-electron chi connectivity index (χ2n) is 2.46. The summed E-state index contributed by atoms with van der Waals surface area (Å²) in [7, 11) is 2.50. The minimum atomic E-state index is -3.05. The van der Waals surface area contributed by atoms with E-state index in [1.807, 2.05) is 0 Å². The van der Waals surface area contributed by atoms with Crippen LogP contribution in [-0.2, 0) is 11.8 Å². The number of carbonyl (C=O) groups is 1.